The minimum absolute atomic E-state index is 0. The molecule has 0 bridgehead atoms. The van der Waals surface area contributed by atoms with Gasteiger partial charge >= 0.3 is 0 Å². The summed E-state index contributed by atoms with van der Waals surface area (Å²) in [6, 6.07) is 5.80. The van der Waals surface area contributed by atoms with Crippen LogP contribution in [0.5, 0.6) is 5.75 Å². The van der Waals surface area contributed by atoms with E-state index < -0.39 is 0 Å². The van der Waals surface area contributed by atoms with Crippen molar-refractivity contribution in [2.75, 3.05) is 27.2 Å². The van der Waals surface area contributed by atoms with Crippen molar-refractivity contribution in [3.8, 4) is 5.75 Å². The number of carbonyl (C=O) groups is 1. The topological polar surface area (TPSA) is 74.8 Å². The highest BCUT2D eigenvalue weighted by atomic mass is 127. The third-order valence-electron chi connectivity index (χ3n) is 3.26. The summed E-state index contributed by atoms with van der Waals surface area (Å²) in [6.07, 6.45) is 1.17. The molecule has 0 aromatic heterocycles. The number of amides is 1. The molecule has 8 heteroatoms. The van der Waals surface area contributed by atoms with Gasteiger partial charge in [-0.15, -0.1) is 24.0 Å². The standard InChI is InChI=1S/C17H27ClN4O2.HI/c1-12(2)22-16(23)8-10-21-17(19-3)20-9-7-13-5-6-14(24-4)11-15(13)18;/h5-6,11-12H,7-10H2,1-4H3,(H,22,23)(H2,19,20,21);1H. The lowest BCUT2D eigenvalue weighted by Gasteiger charge is -2.13. The molecule has 1 rings (SSSR count). The lowest BCUT2D eigenvalue weighted by molar-refractivity contribution is -0.121. The van der Waals surface area contributed by atoms with Gasteiger partial charge in [-0.2, -0.15) is 0 Å². The Balaban J connectivity index is 0.00000576. The summed E-state index contributed by atoms with van der Waals surface area (Å²) in [6.45, 7) is 5.09. The van der Waals surface area contributed by atoms with Crippen molar-refractivity contribution in [2.24, 2.45) is 4.99 Å². The normalized spacial score (nSPS) is 10.9. The maximum atomic E-state index is 11.6. The first kappa shape index (κ1) is 23.8. The zero-order valence-corrected chi connectivity index (χ0v) is 18.3. The number of nitrogens with one attached hydrogen (secondary N) is 3. The van der Waals surface area contributed by atoms with Crippen LogP contribution < -0.4 is 20.7 Å². The van der Waals surface area contributed by atoms with Gasteiger partial charge in [-0.1, -0.05) is 17.7 Å². The van der Waals surface area contributed by atoms with Crippen LogP contribution in [-0.4, -0.2) is 45.2 Å². The fourth-order valence-electron chi connectivity index (χ4n) is 2.08. The van der Waals surface area contributed by atoms with Crippen molar-refractivity contribution in [1.29, 1.82) is 0 Å². The number of nitrogens with zero attached hydrogens (tertiary/aromatic N) is 1. The van der Waals surface area contributed by atoms with E-state index in [9.17, 15) is 4.79 Å². The third-order valence-corrected chi connectivity index (χ3v) is 3.62. The molecular formula is C17H28ClIN4O2. The molecule has 0 atom stereocenters. The van der Waals surface area contributed by atoms with E-state index >= 15 is 0 Å². The zero-order chi connectivity index (χ0) is 17.9. The van der Waals surface area contributed by atoms with E-state index in [2.05, 4.69) is 20.9 Å². The Labute approximate surface area is 172 Å². The summed E-state index contributed by atoms with van der Waals surface area (Å²) >= 11 is 6.22. The molecule has 1 amide bonds. The fourth-order valence-corrected chi connectivity index (χ4v) is 2.35. The van der Waals surface area contributed by atoms with Crippen LogP contribution in [-0.2, 0) is 11.2 Å². The Bertz CT molecular complexity index is 568. The first-order valence-electron chi connectivity index (χ1n) is 8.02. The lowest BCUT2D eigenvalue weighted by Crippen LogP contribution is -2.40. The summed E-state index contributed by atoms with van der Waals surface area (Å²) in [5, 5.41) is 9.86. The first-order chi connectivity index (χ1) is 11.5. The molecule has 0 unspecified atom stereocenters. The van der Waals surface area contributed by atoms with Crippen molar-refractivity contribution in [1.82, 2.24) is 16.0 Å². The van der Waals surface area contributed by atoms with Crippen LogP contribution in [0.2, 0.25) is 5.02 Å². The predicted molar refractivity (Wildman–Crippen MR) is 114 cm³/mol. The van der Waals surface area contributed by atoms with Gasteiger partial charge in [0.25, 0.3) is 0 Å². The molecule has 1 aromatic carbocycles. The second-order valence-electron chi connectivity index (χ2n) is 5.61. The largest absolute Gasteiger partial charge is 0.497 e. The molecule has 0 saturated carbocycles. The van der Waals surface area contributed by atoms with Gasteiger partial charge < -0.3 is 20.7 Å². The highest BCUT2D eigenvalue weighted by molar-refractivity contribution is 14.0. The quantitative estimate of drug-likeness (QED) is 0.302. The smallest absolute Gasteiger partial charge is 0.221 e. The van der Waals surface area contributed by atoms with Crippen LogP contribution >= 0.6 is 35.6 Å². The van der Waals surface area contributed by atoms with Crippen molar-refractivity contribution < 1.29 is 9.53 Å². The summed E-state index contributed by atoms with van der Waals surface area (Å²) in [4.78, 5) is 15.7. The van der Waals surface area contributed by atoms with Gasteiger partial charge in [0.2, 0.25) is 5.91 Å². The minimum atomic E-state index is 0. The fraction of sp³-hybridized carbons (Fsp3) is 0.529. The molecule has 0 aliphatic rings. The number of rotatable bonds is 8. The Kier molecular flexibility index (Phi) is 12.4. The van der Waals surface area contributed by atoms with Gasteiger partial charge in [0.15, 0.2) is 5.96 Å². The molecule has 3 N–H and O–H groups in total. The SMILES string of the molecule is CN=C(NCCC(=O)NC(C)C)NCCc1ccc(OC)cc1Cl.I. The molecule has 0 radical (unpaired) electrons. The Morgan fingerprint density at radius 2 is 1.96 bits per heavy atom. The number of benzene rings is 1. The Hall–Kier alpha value is -1.22. The van der Waals surface area contributed by atoms with Gasteiger partial charge in [0.1, 0.15) is 5.75 Å². The van der Waals surface area contributed by atoms with Crippen LogP contribution in [0.4, 0.5) is 0 Å². The summed E-state index contributed by atoms with van der Waals surface area (Å²) < 4.78 is 5.14. The van der Waals surface area contributed by atoms with Crippen molar-refractivity contribution in [3.63, 3.8) is 0 Å². The maximum Gasteiger partial charge on any atom is 0.221 e. The average molecular weight is 483 g/mol. The van der Waals surface area contributed by atoms with Crippen LogP contribution in [0.25, 0.3) is 0 Å². The summed E-state index contributed by atoms with van der Waals surface area (Å²) in [5.74, 6) is 1.43. The van der Waals surface area contributed by atoms with Crippen LogP contribution in [0.15, 0.2) is 23.2 Å². The van der Waals surface area contributed by atoms with Gasteiger partial charge in [0, 0.05) is 37.6 Å². The average Bonchev–Trinajstić information content (AvgIpc) is 2.53. The molecule has 0 heterocycles. The third kappa shape index (κ3) is 9.74. The Morgan fingerprint density at radius 3 is 2.52 bits per heavy atom. The number of halogens is 2. The number of hydrogen-bond acceptors (Lipinski definition) is 3. The van der Waals surface area contributed by atoms with E-state index in [1.807, 2.05) is 26.0 Å². The second kappa shape index (κ2) is 13.0. The van der Waals surface area contributed by atoms with E-state index in [-0.39, 0.29) is 35.9 Å². The molecule has 6 nitrogen and oxygen atoms in total. The van der Waals surface area contributed by atoms with Crippen molar-refractivity contribution >= 4 is 47.4 Å². The highest BCUT2D eigenvalue weighted by Gasteiger charge is 2.05. The molecule has 0 saturated heterocycles. The maximum absolute atomic E-state index is 11.6. The zero-order valence-electron chi connectivity index (χ0n) is 15.2. The molecule has 0 aliphatic heterocycles. The molecular weight excluding hydrogens is 455 g/mol. The second-order valence-corrected chi connectivity index (χ2v) is 6.01. The first-order valence-corrected chi connectivity index (χ1v) is 8.40. The summed E-state index contributed by atoms with van der Waals surface area (Å²) in [5.41, 5.74) is 1.04. The number of hydrogen-bond donors (Lipinski definition) is 3. The number of aliphatic imine (C=N–C) groups is 1. The van der Waals surface area contributed by atoms with Crippen LogP contribution in [0, 0.1) is 0 Å². The molecule has 0 fully saturated rings. The minimum Gasteiger partial charge on any atom is -0.497 e. The summed E-state index contributed by atoms with van der Waals surface area (Å²) in [7, 11) is 3.31. The van der Waals surface area contributed by atoms with E-state index in [4.69, 9.17) is 16.3 Å². The van der Waals surface area contributed by atoms with Crippen molar-refractivity contribution in [3.05, 3.63) is 28.8 Å². The molecule has 1 aromatic rings. The number of guanidine groups is 1. The van der Waals surface area contributed by atoms with E-state index in [0.717, 1.165) is 17.7 Å². The molecule has 142 valence electrons. The predicted octanol–water partition coefficient (Wildman–Crippen LogP) is 2.59. The number of methoxy groups -OCH3 is 1. The molecule has 25 heavy (non-hydrogen) atoms. The number of ether oxygens (including phenoxy) is 1. The van der Waals surface area contributed by atoms with Gasteiger partial charge in [-0.25, -0.2) is 0 Å². The molecule has 0 spiro atoms. The van der Waals surface area contributed by atoms with Gasteiger partial charge in [0.05, 0.1) is 7.11 Å². The highest BCUT2D eigenvalue weighted by Crippen LogP contribution is 2.22. The number of carbonyl (C=O) groups excluding carboxylic acids is 1. The van der Waals surface area contributed by atoms with Gasteiger partial charge in [-0.05, 0) is 38.0 Å². The van der Waals surface area contributed by atoms with Gasteiger partial charge in [-0.3, -0.25) is 9.79 Å². The van der Waals surface area contributed by atoms with Crippen LogP contribution in [0.3, 0.4) is 0 Å². The van der Waals surface area contributed by atoms with Crippen molar-refractivity contribution in [2.45, 2.75) is 32.7 Å². The Morgan fingerprint density at radius 1 is 1.28 bits per heavy atom. The monoisotopic (exact) mass is 482 g/mol. The van der Waals surface area contributed by atoms with Crippen LogP contribution in [0.1, 0.15) is 25.8 Å². The van der Waals surface area contributed by atoms with E-state index in [1.54, 1.807) is 20.2 Å². The lowest BCUT2D eigenvalue weighted by atomic mass is 10.1. The molecule has 0 aliphatic carbocycles. The van der Waals surface area contributed by atoms with E-state index in [0.29, 0.717) is 30.5 Å². The van der Waals surface area contributed by atoms with E-state index in [1.165, 1.54) is 0 Å².